The second-order valence-corrected chi connectivity index (χ2v) is 7.43. The molecule has 1 N–H and O–H groups in total. The summed E-state index contributed by atoms with van der Waals surface area (Å²) in [5, 5.41) is 3.13. The first-order valence-corrected chi connectivity index (χ1v) is 9.33. The zero-order valence-corrected chi connectivity index (χ0v) is 15.0. The van der Waals surface area contributed by atoms with Crippen LogP contribution in [0.5, 0.6) is 0 Å². The third-order valence-electron chi connectivity index (χ3n) is 5.47. The minimum atomic E-state index is -0.189. The van der Waals surface area contributed by atoms with Gasteiger partial charge >= 0.3 is 0 Å². The molecule has 1 aliphatic heterocycles. The molecule has 1 heterocycles. The molecule has 1 aliphatic carbocycles. The quantitative estimate of drug-likeness (QED) is 0.923. The summed E-state index contributed by atoms with van der Waals surface area (Å²) in [6.45, 7) is 3.01. The van der Waals surface area contributed by atoms with Crippen LogP contribution in [0.1, 0.15) is 40.2 Å². The summed E-state index contributed by atoms with van der Waals surface area (Å²) >= 11 is 0. The highest BCUT2D eigenvalue weighted by molar-refractivity contribution is 5.96. The fraction of sp³-hybridized carbons (Fsp3) is 0.364. The first-order valence-electron chi connectivity index (χ1n) is 9.33. The molecule has 4 nitrogen and oxygen atoms in total. The highest BCUT2D eigenvalue weighted by Crippen LogP contribution is 2.34. The summed E-state index contributed by atoms with van der Waals surface area (Å²) < 4.78 is 0. The molecule has 4 rings (SSSR count). The number of nitrogens with one attached hydrogen (secondary N) is 1. The Morgan fingerprint density at radius 1 is 0.962 bits per heavy atom. The average Bonchev–Trinajstić information content (AvgIpc) is 3.36. The average molecular weight is 348 g/mol. The molecule has 2 aromatic carbocycles. The van der Waals surface area contributed by atoms with Crippen LogP contribution in [0.4, 0.5) is 0 Å². The molecule has 0 radical (unpaired) electrons. The van der Waals surface area contributed by atoms with Gasteiger partial charge in [0.2, 0.25) is 5.91 Å². The molecule has 2 amide bonds. The topological polar surface area (TPSA) is 49.4 Å². The molecule has 0 unspecified atom stereocenters. The highest BCUT2D eigenvalue weighted by Gasteiger charge is 2.41. The minimum absolute atomic E-state index is 0.0192. The lowest BCUT2D eigenvalue weighted by Gasteiger charge is -2.18. The molecule has 1 saturated carbocycles. The van der Waals surface area contributed by atoms with Crippen LogP contribution in [-0.2, 0) is 4.79 Å². The lowest BCUT2D eigenvalue weighted by atomic mass is 9.88. The number of benzene rings is 2. The van der Waals surface area contributed by atoms with Crippen molar-refractivity contribution in [2.24, 2.45) is 5.92 Å². The molecule has 26 heavy (non-hydrogen) atoms. The molecule has 134 valence electrons. The van der Waals surface area contributed by atoms with E-state index < -0.39 is 0 Å². The van der Waals surface area contributed by atoms with Crippen LogP contribution in [0.2, 0.25) is 0 Å². The third-order valence-corrected chi connectivity index (χ3v) is 5.47. The van der Waals surface area contributed by atoms with E-state index in [1.54, 1.807) is 0 Å². The van der Waals surface area contributed by atoms with Gasteiger partial charge in [-0.2, -0.15) is 0 Å². The van der Waals surface area contributed by atoms with E-state index in [1.807, 2.05) is 54.3 Å². The van der Waals surface area contributed by atoms with Gasteiger partial charge in [0.05, 0.1) is 5.92 Å². The number of nitrogens with zero attached hydrogens (tertiary/aromatic N) is 1. The Morgan fingerprint density at radius 3 is 2.35 bits per heavy atom. The summed E-state index contributed by atoms with van der Waals surface area (Å²) in [5.74, 6) is -0.0407. The van der Waals surface area contributed by atoms with E-state index in [0.717, 1.165) is 29.5 Å². The van der Waals surface area contributed by atoms with E-state index in [-0.39, 0.29) is 23.7 Å². The molecule has 2 aliphatic rings. The van der Waals surface area contributed by atoms with Gasteiger partial charge in [0.25, 0.3) is 5.91 Å². The first-order chi connectivity index (χ1) is 12.6. The Morgan fingerprint density at radius 2 is 1.65 bits per heavy atom. The second-order valence-electron chi connectivity index (χ2n) is 7.43. The standard InChI is InChI=1S/C22H24N2O2/c1-15-7-5-6-10-18(15)22(26)24-13-19(16-8-3-2-4-9-16)20(14-24)21(25)23-17-11-12-17/h2-10,17,19-20H,11-14H2,1H3,(H,23,25)/t19-,20+/m1/s1. The van der Waals surface area contributed by atoms with Gasteiger partial charge in [-0.15, -0.1) is 0 Å². The van der Waals surface area contributed by atoms with Crippen LogP contribution in [0, 0.1) is 12.8 Å². The lowest BCUT2D eigenvalue weighted by molar-refractivity contribution is -0.125. The van der Waals surface area contributed by atoms with Crippen molar-refractivity contribution in [1.29, 1.82) is 0 Å². The van der Waals surface area contributed by atoms with E-state index in [4.69, 9.17) is 0 Å². The van der Waals surface area contributed by atoms with Crippen LogP contribution >= 0.6 is 0 Å². The van der Waals surface area contributed by atoms with E-state index in [1.165, 1.54) is 0 Å². The van der Waals surface area contributed by atoms with Gasteiger partial charge < -0.3 is 10.2 Å². The number of aryl methyl sites for hydroxylation is 1. The van der Waals surface area contributed by atoms with Gasteiger partial charge in [-0.1, -0.05) is 48.5 Å². The van der Waals surface area contributed by atoms with Crippen LogP contribution < -0.4 is 5.32 Å². The Balaban J connectivity index is 1.59. The number of amides is 2. The summed E-state index contributed by atoms with van der Waals surface area (Å²) in [6.07, 6.45) is 2.14. The predicted molar refractivity (Wildman–Crippen MR) is 101 cm³/mol. The smallest absolute Gasteiger partial charge is 0.254 e. The van der Waals surface area contributed by atoms with E-state index in [0.29, 0.717) is 19.1 Å². The Bertz CT molecular complexity index is 814. The molecule has 0 spiro atoms. The fourth-order valence-electron chi connectivity index (χ4n) is 3.79. The molecule has 2 fully saturated rings. The van der Waals surface area contributed by atoms with Crippen LogP contribution in [0.3, 0.4) is 0 Å². The van der Waals surface area contributed by atoms with Crippen molar-refractivity contribution in [2.75, 3.05) is 13.1 Å². The SMILES string of the molecule is Cc1ccccc1C(=O)N1C[C@H](C(=O)NC2CC2)[C@@H](c2ccccc2)C1. The number of carbonyl (C=O) groups is 2. The van der Waals surface area contributed by atoms with Crippen molar-refractivity contribution < 1.29 is 9.59 Å². The maximum Gasteiger partial charge on any atom is 0.254 e. The molecule has 4 heteroatoms. The summed E-state index contributed by atoms with van der Waals surface area (Å²) in [7, 11) is 0. The van der Waals surface area contributed by atoms with Crippen LogP contribution in [0.15, 0.2) is 54.6 Å². The molecule has 1 saturated heterocycles. The van der Waals surface area contributed by atoms with Crippen molar-refractivity contribution in [2.45, 2.75) is 31.7 Å². The van der Waals surface area contributed by atoms with E-state index in [2.05, 4.69) is 17.4 Å². The summed E-state index contributed by atoms with van der Waals surface area (Å²) in [6, 6.07) is 18.1. The number of hydrogen-bond acceptors (Lipinski definition) is 2. The normalized spacial score (nSPS) is 22.3. The van der Waals surface area contributed by atoms with Crippen LogP contribution in [0.25, 0.3) is 0 Å². The van der Waals surface area contributed by atoms with E-state index in [9.17, 15) is 9.59 Å². The fourth-order valence-corrected chi connectivity index (χ4v) is 3.79. The number of carbonyl (C=O) groups excluding carboxylic acids is 2. The molecule has 2 aromatic rings. The van der Waals surface area contributed by atoms with Gasteiger partial charge in [0.1, 0.15) is 0 Å². The third kappa shape index (κ3) is 3.36. The zero-order chi connectivity index (χ0) is 18.1. The monoisotopic (exact) mass is 348 g/mol. The van der Waals surface area contributed by atoms with Gasteiger partial charge in [-0.05, 0) is 37.0 Å². The Labute approximate surface area is 154 Å². The van der Waals surface area contributed by atoms with Crippen molar-refractivity contribution in [3.05, 3.63) is 71.3 Å². The first kappa shape index (κ1) is 16.8. The predicted octanol–water partition coefficient (Wildman–Crippen LogP) is 3.13. The summed E-state index contributed by atoms with van der Waals surface area (Å²) in [5.41, 5.74) is 2.82. The van der Waals surface area contributed by atoms with Gasteiger partial charge in [0, 0.05) is 30.6 Å². The largest absolute Gasteiger partial charge is 0.353 e. The summed E-state index contributed by atoms with van der Waals surface area (Å²) in [4.78, 5) is 27.7. The van der Waals surface area contributed by atoms with Gasteiger partial charge in [-0.25, -0.2) is 0 Å². The lowest BCUT2D eigenvalue weighted by Crippen LogP contribution is -2.36. The molecule has 0 bridgehead atoms. The van der Waals surface area contributed by atoms with Gasteiger partial charge in [0.15, 0.2) is 0 Å². The maximum atomic E-state index is 13.0. The van der Waals surface area contributed by atoms with Crippen molar-refractivity contribution in [3.63, 3.8) is 0 Å². The Kier molecular flexibility index (Phi) is 4.49. The van der Waals surface area contributed by atoms with Crippen LogP contribution in [-0.4, -0.2) is 35.8 Å². The molecular weight excluding hydrogens is 324 g/mol. The van der Waals surface area contributed by atoms with Gasteiger partial charge in [-0.3, -0.25) is 9.59 Å². The number of likely N-dealkylation sites (tertiary alicyclic amines) is 1. The number of rotatable bonds is 4. The molecular formula is C22H24N2O2. The minimum Gasteiger partial charge on any atom is -0.353 e. The van der Waals surface area contributed by atoms with Crippen molar-refractivity contribution >= 4 is 11.8 Å². The maximum absolute atomic E-state index is 13.0. The second kappa shape index (κ2) is 6.94. The molecule has 2 atom stereocenters. The Hall–Kier alpha value is -2.62. The van der Waals surface area contributed by atoms with Crippen molar-refractivity contribution in [1.82, 2.24) is 10.2 Å². The molecule has 0 aromatic heterocycles. The van der Waals surface area contributed by atoms with Crippen molar-refractivity contribution in [3.8, 4) is 0 Å². The zero-order valence-electron chi connectivity index (χ0n) is 15.0. The number of hydrogen-bond donors (Lipinski definition) is 1. The highest BCUT2D eigenvalue weighted by atomic mass is 16.2. The van der Waals surface area contributed by atoms with E-state index >= 15 is 0 Å².